The van der Waals surface area contributed by atoms with Crippen molar-refractivity contribution >= 4 is 34.1 Å². The highest BCUT2D eigenvalue weighted by Gasteiger charge is 2.18. The number of H-pyrrole nitrogens is 1. The summed E-state index contributed by atoms with van der Waals surface area (Å²) in [5.74, 6) is 1.13. The number of ether oxygens (including phenoxy) is 2. The second kappa shape index (κ2) is 5.21. The van der Waals surface area contributed by atoms with Crippen molar-refractivity contribution in [2.45, 2.75) is 6.92 Å². The van der Waals surface area contributed by atoms with Crippen LogP contribution in [0.3, 0.4) is 0 Å². The largest absolute Gasteiger partial charge is 0.454 e. The molecular weight excluding hydrogens is 316 g/mol. The average Bonchev–Trinajstić information content (AvgIpc) is 3.09. The Balaban J connectivity index is 1.68. The molecule has 2 aromatic carbocycles. The molecule has 1 amide bonds. The Labute approximate surface area is 137 Å². The molecule has 0 saturated heterocycles. The Kier molecular flexibility index (Phi) is 3.16. The van der Waals surface area contributed by atoms with E-state index in [1.807, 2.05) is 13.0 Å². The lowest BCUT2D eigenvalue weighted by Gasteiger charge is -2.06. The summed E-state index contributed by atoms with van der Waals surface area (Å²) < 4.78 is 10.6. The van der Waals surface area contributed by atoms with E-state index in [1.54, 1.807) is 30.3 Å². The van der Waals surface area contributed by atoms with Gasteiger partial charge in [-0.05, 0) is 31.2 Å². The number of rotatable bonds is 2. The van der Waals surface area contributed by atoms with Crippen LogP contribution in [0.2, 0.25) is 5.02 Å². The van der Waals surface area contributed by atoms with E-state index in [-0.39, 0.29) is 12.7 Å². The number of hydrogen-bond donors (Lipinski definition) is 2. The van der Waals surface area contributed by atoms with Gasteiger partial charge in [-0.25, -0.2) is 0 Å². The first-order valence-electron chi connectivity index (χ1n) is 7.10. The Hall–Kier alpha value is -2.66. The first kappa shape index (κ1) is 14.0. The molecule has 0 fully saturated rings. The summed E-state index contributed by atoms with van der Waals surface area (Å²) in [6, 6.07) is 10.7. The number of nitrogens with one attached hydrogen (secondary N) is 2. The third-order valence-electron chi connectivity index (χ3n) is 3.81. The van der Waals surface area contributed by atoms with E-state index in [0.717, 1.165) is 16.6 Å². The van der Waals surface area contributed by atoms with Crippen molar-refractivity contribution in [1.82, 2.24) is 4.98 Å². The van der Waals surface area contributed by atoms with Crippen molar-refractivity contribution in [2.24, 2.45) is 0 Å². The molecule has 0 saturated carbocycles. The van der Waals surface area contributed by atoms with Gasteiger partial charge in [0.2, 0.25) is 6.79 Å². The van der Waals surface area contributed by atoms with Crippen LogP contribution in [-0.4, -0.2) is 17.7 Å². The summed E-state index contributed by atoms with van der Waals surface area (Å²) in [4.78, 5) is 15.8. The fourth-order valence-electron chi connectivity index (χ4n) is 2.76. The summed E-state index contributed by atoms with van der Waals surface area (Å²) >= 11 is 6.00. The monoisotopic (exact) mass is 328 g/mol. The van der Waals surface area contributed by atoms with Gasteiger partial charge < -0.3 is 19.8 Å². The van der Waals surface area contributed by atoms with Crippen LogP contribution in [0, 0.1) is 6.92 Å². The van der Waals surface area contributed by atoms with E-state index in [9.17, 15) is 4.79 Å². The topological polar surface area (TPSA) is 63.4 Å². The van der Waals surface area contributed by atoms with E-state index in [1.165, 1.54) is 0 Å². The van der Waals surface area contributed by atoms with Crippen molar-refractivity contribution in [3.8, 4) is 11.5 Å². The molecule has 116 valence electrons. The zero-order chi connectivity index (χ0) is 16.0. The molecular formula is C17H13ClN2O3. The van der Waals surface area contributed by atoms with Gasteiger partial charge in [-0.3, -0.25) is 4.79 Å². The number of aromatic nitrogens is 1. The highest BCUT2D eigenvalue weighted by molar-refractivity contribution is 6.31. The van der Waals surface area contributed by atoms with Crippen LogP contribution >= 0.6 is 11.6 Å². The first-order valence-corrected chi connectivity index (χ1v) is 7.48. The third kappa shape index (κ3) is 2.39. The molecule has 1 aliphatic rings. The van der Waals surface area contributed by atoms with Gasteiger partial charge in [0.15, 0.2) is 11.5 Å². The molecule has 23 heavy (non-hydrogen) atoms. The minimum Gasteiger partial charge on any atom is -0.454 e. The summed E-state index contributed by atoms with van der Waals surface area (Å²) in [6.45, 7) is 2.07. The second-order valence-electron chi connectivity index (χ2n) is 5.34. The van der Waals surface area contributed by atoms with Crippen molar-refractivity contribution in [3.05, 3.63) is 52.7 Å². The standard InChI is InChI=1S/C17H13ClN2O3/c1-9-16(12-4-2-10(18)6-13(12)19-9)17(21)20-11-3-5-14-15(7-11)23-8-22-14/h2-7,19H,8H2,1H3,(H,20,21). The van der Waals surface area contributed by atoms with Crippen LogP contribution in [0.5, 0.6) is 11.5 Å². The van der Waals surface area contributed by atoms with Gasteiger partial charge in [0, 0.05) is 33.4 Å². The maximum atomic E-state index is 12.7. The van der Waals surface area contributed by atoms with Crippen LogP contribution in [-0.2, 0) is 0 Å². The fourth-order valence-corrected chi connectivity index (χ4v) is 2.94. The second-order valence-corrected chi connectivity index (χ2v) is 5.77. The van der Waals surface area contributed by atoms with Crippen LogP contribution in [0.25, 0.3) is 10.9 Å². The molecule has 2 heterocycles. The Morgan fingerprint density at radius 3 is 2.87 bits per heavy atom. The summed E-state index contributed by atoms with van der Waals surface area (Å²) in [5.41, 5.74) is 2.89. The molecule has 3 aromatic rings. The molecule has 0 bridgehead atoms. The Bertz CT molecular complexity index is 933. The third-order valence-corrected chi connectivity index (χ3v) is 4.04. The van der Waals surface area contributed by atoms with E-state index in [4.69, 9.17) is 21.1 Å². The Morgan fingerprint density at radius 1 is 1.17 bits per heavy atom. The predicted molar refractivity (Wildman–Crippen MR) is 88.6 cm³/mol. The van der Waals surface area contributed by atoms with Crippen LogP contribution < -0.4 is 14.8 Å². The minimum absolute atomic E-state index is 0.185. The summed E-state index contributed by atoms with van der Waals surface area (Å²) in [6.07, 6.45) is 0. The molecule has 0 atom stereocenters. The average molecular weight is 329 g/mol. The lowest BCUT2D eigenvalue weighted by molar-refractivity contribution is 0.102. The van der Waals surface area contributed by atoms with Gasteiger partial charge >= 0.3 is 0 Å². The molecule has 1 aliphatic heterocycles. The number of carbonyl (C=O) groups excluding carboxylic acids is 1. The lowest BCUT2D eigenvalue weighted by Crippen LogP contribution is -2.12. The van der Waals surface area contributed by atoms with Crippen LogP contribution in [0.1, 0.15) is 16.1 Å². The highest BCUT2D eigenvalue weighted by Crippen LogP contribution is 2.34. The molecule has 2 N–H and O–H groups in total. The normalized spacial score (nSPS) is 12.6. The number of benzene rings is 2. The number of anilines is 1. The number of carbonyl (C=O) groups is 1. The number of amides is 1. The van der Waals surface area contributed by atoms with Crippen molar-refractivity contribution in [1.29, 1.82) is 0 Å². The Morgan fingerprint density at radius 2 is 2.00 bits per heavy atom. The van der Waals surface area contributed by atoms with Gasteiger partial charge in [-0.2, -0.15) is 0 Å². The number of hydrogen-bond acceptors (Lipinski definition) is 3. The zero-order valence-electron chi connectivity index (χ0n) is 12.3. The predicted octanol–water partition coefficient (Wildman–Crippen LogP) is 4.11. The molecule has 6 heteroatoms. The maximum Gasteiger partial charge on any atom is 0.258 e. The number of halogens is 1. The van der Waals surface area contributed by atoms with Crippen molar-refractivity contribution in [2.75, 3.05) is 12.1 Å². The van der Waals surface area contributed by atoms with Gasteiger partial charge in [0.25, 0.3) is 5.91 Å². The minimum atomic E-state index is -0.185. The molecule has 0 unspecified atom stereocenters. The lowest BCUT2D eigenvalue weighted by atomic mass is 10.1. The van der Waals surface area contributed by atoms with Crippen LogP contribution in [0.15, 0.2) is 36.4 Å². The number of aromatic amines is 1. The van der Waals surface area contributed by atoms with Gasteiger partial charge in [0.1, 0.15) is 0 Å². The number of fused-ring (bicyclic) bond motifs is 2. The van der Waals surface area contributed by atoms with E-state index >= 15 is 0 Å². The quantitative estimate of drug-likeness (QED) is 0.744. The number of aryl methyl sites for hydroxylation is 1. The summed E-state index contributed by atoms with van der Waals surface area (Å²) in [7, 11) is 0. The van der Waals surface area contributed by atoms with Crippen LogP contribution in [0.4, 0.5) is 5.69 Å². The van der Waals surface area contributed by atoms with Crippen molar-refractivity contribution in [3.63, 3.8) is 0 Å². The SMILES string of the molecule is Cc1[nH]c2cc(Cl)ccc2c1C(=O)Nc1ccc2c(c1)OCO2. The molecule has 0 aliphatic carbocycles. The maximum absolute atomic E-state index is 12.7. The first-order chi connectivity index (χ1) is 11.1. The molecule has 4 rings (SSSR count). The van der Waals surface area contributed by atoms with E-state index < -0.39 is 0 Å². The molecule has 5 nitrogen and oxygen atoms in total. The van der Waals surface area contributed by atoms with Gasteiger partial charge in [-0.15, -0.1) is 0 Å². The smallest absolute Gasteiger partial charge is 0.258 e. The fraction of sp³-hybridized carbons (Fsp3) is 0.118. The zero-order valence-corrected chi connectivity index (χ0v) is 13.0. The van der Waals surface area contributed by atoms with Crippen molar-refractivity contribution < 1.29 is 14.3 Å². The van der Waals surface area contributed by atoms with Gasteiger partial charge in [-0.1, -0.05) is 17.7 Å². The highest BCUT2D eigenvalue weighted by atomic mass is 35.5. The van der Waals surface area contributed by atoms with E-state index in [0.29, 0.717) is 27.8 Å². The summed E-state index contributed by atoms with van der Waals surface area (Å²) in [5, 5.41) is 4.36. The van der Waals surface area contributed by atoms with Gasteiger partial charge in [0.05, 0.1) is 5.56 Å². The molecule has 0 spiro atoms. The molecule has 1 aromatic heterocycles. The van der Waals surface area contributed by atoms with E-state index in [2.05, 4.69) is 10.3 Å². The molecule has 0 radical (unpaired) electrons.